The molecule has 29 heavy (non-hydrogen) atoms. The molecule has 0 bridgehead atoms. The Morgan fingerprint density at radius 3 is 2.45 bits per heavy atom. The van der Waals surface area contributed by atoms with Gasteiger partial charge in [0.1, 0.15) is 11.9 Å². The van der Waals surface area contributed by atoms with Gasteiger partial charge in [0.05, 0.1) is 22.4 Å². The van der Waals surface area contributed by atoms with Crippen molar-refractivity contribution in [2.24, 2.45) is 5.41 Å². The Labute approximate surface area is 177 Å². The average molecular weight is 410 g/mol. The number of nitrogens with zero attached hydrogens (tertiary/aromatic N) is 3. The van der Waals surface area contributed by atoms with Gasteiger partial charge in [-0.1, -0.05) is 32.9 Å². The Bertz CT molecular complexity index is 964. The van der Waals surface area contributed by atoms with Crippen LogP contribution in [0.2, 0.25) is 0 Å². The molecule has 0 radical (unpaired) electrons. The number of thiazole rings is 1. The third-order valence-corrected chi connectivity index (χ3v) is 6.38. The second-order valence-corrected chi connectivity index (χ2v) is 10.8. The number of para-hydroxylation sites is 1. The van der Waals surface area contributed by atoms with Crippen LogP contribution < -0.4 is 4.74 Å². The van der Waals surface area contributed by atoms with Crippen molar-refractivity contribution < 1.29 is 4.74 Å². The van der Waals surface area contributed by atoms with Crippen molar-refractivity contribution in [2.45, 2.75) is 65.6 Å². The topological polar surface area (TPSA) is 38.3 Å². The Balaban J connectivity index is 1.69. The summed E-state index contributed by atoms with van der Waals surface area (Å²) >= 11 is 1.59. The highest BCUT2D eigenvalue weighted by Gasteiger charge is 2.44. The van der Waals surface area contributed by atoms with Crippen LogP contribution >= 0.6 is 11.3 Å². The zero-order valence-electron chi connectivity index (χ0n) is 18.3. The SMILES string of the molecule is CC(C)(C)C1CC(Oc2cc(-c3cscn3)nc3ccccc23)CN1C(C)(C)C. The van der Waals surface area contributed by atoms with Gasteiger partial charge in [-0.25, -0.2) is 9.97 Å². The van der Waals surface area contributed by atoms with Crippen LogP contribution in [0.3, 0.4) is 0 Å². The van der Waals surface area contributed by atoms with Crippen LogP contribution in [0.25, 0.3) is 22.3 Å². The van der Waals surface area contributed by atoms with Gasteiger partial charge in [-0.15, -0.1) is 11.3 Å². The second-order valence-electron chi connectivity index (χ2n) is 10.1. The smallest absolute Gasteiger partial charge is 0.131 e. The molecular formula is C24H31N3OS. The van der Waals surface area contributed by atoms with Crippen LogP contribution in [0.4, 0.5) is 0 Å². The van der Waals surface area contributed by atoms with Gasteiger partial charge in [0, 0.05) is 41.4 Å². The van der Waals surface area contributed by atoms with Crippen LogP contribution in [-0.4, -0.2) is 39.1 Å². The molecule has 1 aliphatic rings. The van der Waals surface area contributed by atoms with Crippen molar-refractivity contribution >= 4 is 22.2 Å². The number of hydrogen-bond donors (Lipinski definition) is 0. The summed E-state index contributed by atoms with van der Waals surface area (Å²) in [7, 11) is 0. The van der Waals surface area contributed by atoms with E-state index in [1.807, 2.05) is 29.1 Å². The minimum atomic E-state index is 0.113. The maximum atomic E-state index is 6.67. The highest BCUT2D eigenvalue weighted by Crippen LogP contribution is 2.39. The predicted octanol–water partition coefficient (Wildman–Crippen LogP) is 6.02. The Hall–Kier alpha value is -1.98. The summed E-state index contributed by atoms with van der Waals surface area (Å²) in [5.41, 5.74) is 4.89. The molecule has 1 fully saturated rings. The summed E-state index contributed by atoms with van der Waals surface area (Å²) in [6.45, 7) is 14.8. The van der Waals surface area contributed by atoms with E-state index in [9.17, 15) is 0 Å². The lowest BCUT2D eigenvalue weighted by atomic mass is 9.83. The number of ether oxygens (including phenoxy) is 1. The highest BCUT2D eigenvalue weighted by molar-refractivity contribution is 7.07. The molecular weight excluding hydrogens is 378 g/mol. The Morgan fingerprint density at radius 2 is 1.83 bits per heavy atom. The first-order valence-electron chi connectivity index (χ1n) is 10.3. The van der Waals surface area contributed by atoms with E-state index in [4.69, 9.17) is 9.72 Å². The van der Waals surface area contributed by atoms with Gasteiger partial charge in [0.15, 0.2) is 0 Å². The third-order valence-electron chi connectivity index (χ3n) is 5.79. The maximum Gasteiger partial charge on any atom is 0.131 e. The standard InChI is InChI=1S/C24H31N3OS/c1-23(2,3)22-11-16(13-27(22)24(4,5)6)28-21-12-19(20-14-29-15-25-20)26-18-10-8-7-9-17(18)21/h7-10,12,14-16,22H,11,13H2,1-6H3. The van der Waals surface area contributed by atoms with Crippen LogP contribution in [0, 0.1) is 5.41 Å². The van der Waals surface area contributed by atoms with E-state index in [-0.39, 0.29) is 17.1 Å². The van der Waals surface area contributed by atoms with Gasteiger partial charge >= 0.3 is 0 Å². The van der Waals surface area contributed by atoms with Crippen LogP contribution in [0.5, 0.6) is 5.75 Å². The molecule has 4 nitrogen and oxygen atoms in total. The summed E-state index contributed by atoms with van der Waals surface area (Å²) < 4.78 is 6.67. The molecule has 2 aromatic heterocycles. The molecule has 2 unspecified atom stereocenters. The minimum absolute atomic E-state index is 0.113. The fraction of sp³-hybridized carbons (Fsp3) is 0.500. The van der Waals surface area contributed by atoms with Gasteiger partial charge in [-0.2, -0.15) is 0 Å². The third kappa shape index (κ3) is 4.17. The van der Waals surface area contributed by atoms with E-state index in [0.717, 1.165) is 41.0 Å². The van der Waals surface area contributed by atoms with Crippen molar-refractivity contribution in [3.8, 4) is 17.1 Å². The van der Waals surface area contributed by atoms with E-state index >= 15 is 0 Å². The van der Waals surface area contributed by atoms with E-state index in [0.29, 0.717) is 6.04 Å². The normalized spacial score (nSPS) is 21.0. The molecule has 3 heterocycles. The summed E-state index contributed by atoms with van der Waals surface area (Å²) in [4.78, 5) is 11.9. The van der Waals surface area contributed by atoms with Crippen molar-refractivity contribution in [1.82, 2.24) is 14.9 Å². The van der Waals surface area contributed by atoms with Crippen LogP contribution in [0.1, 0.15) is 48.0 Å². The molecule has 0 amide bonds. The van der Waals surface area contributed by atoms with Gasteiger partial charge in [-0.05, 0) is 38.3 Å². The summed E-state index contributed by atoms with van der Waals surface area (Å²) in [5, 5.41) is 3.10. The van der Waals surface area contributed by atoms with Gasteiger partial charge in [0.25, 0.3) is 0 Å². The summed E-state index contributed by atoms with van der Waals surface area (Å²) in [6, 6.07) is 10.8. The summed E-state index contributed by atoms with van der Waals surface area (Å²) in [5.74, 6) is 0.909. The monoisotopic (exact) mass is 409 g/mol. The predicted molar refractivity (Wildman–Crippen MR) is 122 cm³/mol. The number of pyridine rings is 1. The van der Waals surface area contributed by atoms with E-state index < -0.39 is 0 Å². The fourth-order valence-corrected chi connectivity index (χ4v) is 4.88. The fourth-order valence-electron chi connectivity index (χ4n) is 4.34. The zero-order valence-corrected chi connectivity index (χ0v) is 19.1. The van der Waals surface area contributed by atoms with Crippen molar-refractivity contribution in [3.63, 3.8) is 0 Å². The van der Waals surface area contributed by atoms with Crippen molar-refractivity contribution in [1.29, 1.82) is 0 Å². The molecule has 2 atom stereocenters. The highest BCUT2D eigenvalue weighted by atomic mass is 32.1. The largest absolute Gasteiger partial charge is 0.488 e. The van der Waals surface area contributed by atoms with Crippen LogP contribution in [0.15, 0.2) is 41.2 Å². The number of likely N-dealkylation sites (tertiary alicyclic amines) is 1. The van der Waals surface area contributed by atoms with E-state index in [1.165, 1.54) is 0 Å². The zero-order chi connectivity index (χ0) is 20.8. The molecule has 1 aliphatic heterocycles. The first-order chi connectivity index (χ1) is 13.6. The Morgan fingerprint density at radius 1 is 1.07 bits per heavy atom. The first kappa shape index (κ1) is 20.3. The lowest BCUT2D eigenvalue weighted by Gasteiger charge is -2.42. The van der Waals surface area contributed by atoms with E-state index in [1.54, 1.807) is 11.3 Å². The van der Waals surface area contributed by atoms with Gasteiger partial charge in [-0.3, -0.25) is 4.90 Å². The molecule has 0 aliphatic carbocycles. The Kier molecular flexibility index (Phi) is 5.16. The number of aromatic nitrogens is 2. The van der Waals surface area contributed by atoms with Gasteiger partial charge < -0.3 is 4.74 Å². The molecule has 0 spiro atoms. The number of hydrogen-bond acceptors (Lipinski definition) is 5. The number of fused-ring (bicyclic) bond motifs is 1. The number of benzene rings is 1. The summed E-state index contributed by atoms with van der Waals surface area (Å²) in [6.07, 6.45) is 1.19. The molecule has 154 valence electrons. The quantitative estimate of drug-likeness (QED) is 0.530. The molecule has 1 aromatic carbocycles. The second kappa shape index (κ2) is 7.37. The maximum absolute atomic E-state index is 6.67. The number of rotatable bonds is 3. The van der Waals surface area contributed by atoms with Crippen LogP contribution in [-0.2, 0) is 0 Å². The molecule has 4 rings (SSSR count). The van der Waals surface area contributed by atoms with Crippen molar-refractivity contribution in [3.05, 3.63) is 41.2 Å². The lowest BCUT2D eigenvalue weighted by Crippen LogP contribution is -2.49. The molecule has 0 saturated carbocycles. The van der Waals surface area contributed by atoms with E-state index in [2.05, 4.69) is 63.6 Å². The molecule has 1 saturated heterocycles. The lowest BCUT2D eigenvalue weighted by molar-refractivity contribution is 0.0559. The average Bonchev–Trinajstić information content (AvgIpc) is 3.31. The minimum Gasteiger partial charge on any atom is -0.488 e. The molecule has 0 N–H and O–H groups in total. The first-order valence-corrected chi connectivity index (χ1v) is 11.3. The van der Waals surface area contributed by atoms with Crippen molar-refractivity contribution in [2.75, 3.05) is 6.54 Å². The van der Waals surface area contributed by atoms with Gasteiger partial charge in [0.2, 0.25) is 0 Å². The molecule has 5 heteroatoms. The molecule has 3 aromatic rings.